The molecule has 3 N–H and O–H groups in total. The van der Waals surface area contributed by atoms with Gasteiger partial charge in [-0.2, -0.15) is 0 Å². The first kappa shape index (κ1) is 45.3. The molecule has 1 atom stereocenters. The van der Waals surface area contributed by atoms with E-state index in [1.165, 1.54) is 11.1 Å². The van der Waals surface area contributed by atoms with Crippen molar-refractivity contribution in [3.05, 3.63) is 151 Å². The van der Waals surface area contributed by atoms with Crippen molar-refractivity contribution in [2.75, 3.05) is 33.0 Å². The second-order valence-electron chi connectivity index (χ2n) is 21.9. The first-order valence-corrected chi connectivity index (χ1v) is 22.7. The van der Waals surface area contributed by atoms with Crippen LogP contribution < -0.4 is 14.8 Å². The molecule has 6 nitrogen and oxygen atoms in total. The Morgan fingerprint density at radius 3 is 1.15 bits per heavy atom. The number of aromatic hydroxyl groups is 2. The SMILES string of the molecule is CC(C)(C)c1cc2c(O)c(c1)Cc1cc(C(C)(C)C)cc3c1OCCOCC(c1ccccc1)NCCOc1c(cc(C(C)(C)C)cc1Cc1cc(C(C)(C)C)cc(c1O)C3)C2. The fourth-order valence-electron chi connectivity index (χ4n) is 8.77. The zero-order valence-corrected chi connectivity index (χ0v) is 39.6. The van der Waals surface area contributed by atoms with Gasteiger partial charge in [-0.05, 0) is 94.0 Å². The lowest BCUT2D eigenvalue weighted by molar-refractivity contribution is 0.0819. The second-order valence-corrected chi connectivity index (χ2v) is 21.9. The van der Waals surface area contributed by atoms with Crippen LogP contribution in [-0.2, 0) is 52.1 Å². The van der Waals surface area contributed by atoms with Gasteiger partial charge in [-0.25, -0.2) is 0 Å². The van der Waals surface area contributed by atoms with E-state index in [2.05, 4.69) is 161 Å². The van der Waals surface area contributed by atoms with Crippen molar-refractivity contribution in [2.24, 2.45) is 0 Å². The summed E-state index contributed by atoms with van der Waals surface area (Å²) in [6.45, 7) is 29.1. The molecule has 0 amide bonds. The fraction of sp³-hybridized carbons (Fsp3) is 0.464. The van der Waals surface area contributed by atoms with E-state index in [-0.39, 0.29) is 27.7 Å². The Kier molecular flexibility index (Phi) is 12.7. The third-order valence-electron chi connectivity index (χ3n) is 12.7. The highest BCUT2D eigenvalue weighted by atomic mass is 16.5. The van der Waals surface area contributed by atoms with E-state index in [4.69, 9.17) is 14.2 Å². The van der Waals surface area contributed by atoms with Gasteiger partial charge < -0.3 is 29.7 Å². The highest BCUT2D eigenvalue weighted by molar-refractivity contribution is 5.59. The molecule has 0 saturated heterocycles. The Labute approximate surface area is 372 Å². The van der Waals surface area contributed by atoms with E-state index < -0.39 is 0 Å². The van der Waals surface area contributed by atoms with Crippen molar-refractivity contribution in [3.63, 3.8) is 0 Å². The van der Waals surface area contributed by atoms with Crippen molar-refractivity contribution in [3.8, 4) is 23.0 Å². The number of phenolic OH excluding ortho intramolecular Hbond substituents is 2. The van der Waals surface area contributed by atoms with Gasteiger partial charge in [0.25, 0.3) is 0 Å². The number of hydrogen-bond donors (Lipinski definition) is 3. The molecule has 0 radical (unpaired) electrons. The van der Waals surface area contributed by atoms with Crippen molar-refractivity contribution in [1.82, 2.24) is 5.32 Å². The third-order valence-corrected chi connectivity index (χ3v) is 12.7. The van der Waals surface area contributed by atoms with E-state index in [0.717, 1.165) is 72.7 Å². The average molecular weight is 838 g/mol. The largest absolute Gasteiger partial charge is 0.507 e. The Morgan fingerprint density at radius 1 is 0.452 bits per heavy atom. The van der Waals surface area contributed by atoms with Crippen LogP contribution in [0.4, 0.5) is 0 Å². The first-order valence-electron chi connectivity index (χ1n) is 22.7. The second kappa shape index (κ2) is 17.4. The minimum Gasteiger partial charge on any atom is -0.507 e. The number of phenols is 2. The van der Waals surface area contributed by atoms with Crippen LogP contribution in [0.1, 0.15) is 161 Å². The fourth-order valence-corrected chi connectivity index (χ4v) is 8.77. The van der Waals surface area contributed by atoms with Crippen molar-refractivity contribution in [2.45, 2.75) is 136 Å². The summed E-state index contributed by atoms with van der Waals surface area (Å²) in [5.74, 6) is 2.19. The summed E-state index contributed by atoms with van der Waals surface area (Å²) in [4.78, 5) is 0. The maximum absolute atomic E-state index is 12.5. The van der Waals surface area contributed by atoms with Gasteiger partial charge in [-0.15, -0.1) is 0 Å². The molecule has 2 aliphatic heterocycles. The molecular weight excluding hydrogens is 767 g/mol. The topological polar surface area (TPSA) is 80.2 Å². The van der Waals surface area contributed by atoms with Crippen LogP contribution in [0, 0.1) is 0 Å². The number of hydrogen-bond acceptors (Lipinski definition) is 6. The molecule has 10 bridgehead atoms. The summed E-state index contributed by atoms with van der Waals surface area (Å²) < 4.78 is 20.4. The maximum atomic E-state index is 12.5. The van der Waals surface area contributed by atoms with E-state index in [1.54, 1.807) is 0 Å². The van der Waals surface area contributed by atoms with Gasteiger partial charge >= 0.3 is 0 Å². The predicted molar refractivity (Wildman–Crippen MR) is 254 cm³/mol. The van der Waals surface area contributed by atoms with E-state index in [0.29, 0.717) is 70.2 Å². The molecule has 2 heterocycles. The smallest absolute Gasteiger partial charge is 0.126 e. The molecule has 330 valence electrons. The van der Waals surface area contributed by atoms with Crippen LogP contribution in [0.15, 0.2) is 78.9 Å². The normalized spacial score (nSPS) is 16.9. The summed E-state index contributed by atoms with van der Waals surface area (Å²) in [7, 11) is 0. The molecule has 0 fully saturated rings. The quantitative estimate of drug-likeness (QED) is 0.143. The minimum absolute atomic E-state index is 0.0492. The van der Waals surface area contributed by atoms with Crippen molar-refractivity contribution >= 4 is 0 Å². The summed E-state index contributed by atoms with van der Waals surface area (Å²) >= 11 is 0. The van der Waals surface area contributed by atoms with Crippen LogP contribution >= 0.6 is 0 Å². The summed E-state index contributed by atoms with van der Waals surface area (Å²) in [5, 5.41) is 28.8. The monoisotopic (exact) mass is 838 g/mol. The van der Waals surface area contributed by atoms with Crippen LogP contribution in [0.2, 0.25) is 0 Å². The number of benzene rings is 5. The third kappa shape index (κ3) is 10.2. The summed E-state index contributed by atoms with van der Waals surface area (Å²) in [5.41, 5.74) is 12.6. The van der Waals surface area contributed by atoms with Gasteiger partial charge in [0.15, 0.2) is 0 Å². The summed E-state index contributed by atoms with van der Waals surface area (Å²) in [6, 6.07) is 28.3. The molecule has 0 aromatic heterocycles. The van der Waals surface area contributed by atoms with E-state index in [1.807, 2.05) is 6.07 Å². The lowest BCUT2D eigenvalue weighted by Crippen LogP contribution is -2.30. The zero-order chi connectivity index (χ0) is 44.8. The molecule has 5 aromatic rings. The predicted octanol–water partition coefficient (Wildman–Crippen LogP) is 12.1. The van der Waals surface area contributed by atoms with Crippen LogP contribution in [-0.4, -0.2) is 43.2 Å². The molecule has 6 heteroatoms. The van der Waals surface area contributed by atoms with E-state index >= 15 is 0 Å². The van der Waals surface area contributed by atoms with Gasteiger partial charge in [-0.3, -0.25) is 0 Å². The van der Waals surface area contributed by atoms with Gasteiger partial charge in [0.1, 0.15) is 36.2 Å². The van der Waals surface area contributed by atoms with Crippen LogP contribution in [0.5, 0.6) is 23.0 Å². The molecule has 3 aliphatic rings. The molecular formula is C56H71NO5. The minimum atomic E-state index is -0.178. The van der Waals surface area contributed by atoms with Crippen LogP contribution in [0.25, 0.3) is 0 Å². The van der Waals surface area contributed by atoms with Gasteiger partial charge in [0.2, 0.25) is 0 Å². The number of nitrogens with one attached hydrogen (secondary N) is 1. The van der Waals surface area contributed by atoms with Gasteiger partial charge in [0.05, 0.1) is 19.3 Å². The molecule has 62 heavy (non-hydrogen) atoms. The molecule has 1 aliphatic carbocycles. The Bertz CT molecular complexity index is 2280. The van der Waals surface area contributed by atoms with Gasteiger partial charge in [-0.1, -0.05) is 162 Å². The standard InChI is InChI=1S/C56H71NO5/c1-53(2,3)44-26-36-22-40-30-46(55(7,8)9)31-41-23-37-27-45(54(4,5)6)29-39(50(37)59)25-43-33-47(56(10,11)12)32-42(24-38(28-44)49(36)58)52(43)62-21-20-60-34-48(35-16-14-13-15-17-35)57-18-19-61-51(40)41/h13-17,26-33,48,57-59H,18-25,34H2,1-12H3. The Morgan fingerprint density at radius 2 is 0.790 bits per heavy atom. The van der Waals surface area contributed by atoms with E-state index in [9.17, 15) is 10.2 Å². The lowest BCUT2D eigenvalue weighted by Gasteiger charge is -2.28. The van der Waals surface area contributed by atoms with Crippen molar-refractivity contribution < 1.29 is 24.4 Å². The summed E-state index contributed by atoms with van der Waals surface area (Å²) in [6.07, 6.45) is 1.87. The van der Waals surface area contributed by atoms with Crippen molar-refractivity contribution in [1.29, 1.82) is 0 Å². The molecule has 0 saturated carbocycles. The first-order chi connectivity index (χ1) is 29.1. The average Bonchev–Trinajstić information content (AvgIpc) is 3.17. The highest BCUT2D eigenvalue weighted by Crippen LogP contribution is 2.44. The molecule has 1 unspecified atom stereocenters. The van der Waals surface area contributed by atoms with Crippen LogP contribution in [0.3, 0.4) is 0 Å². The highest BCUT2D eigenvalue weighted by Gasteiger charge is 2.29. The number of fused-ring (bicyclic) bond motifs is 9. The molecule has 8 rings (SSSR count). The molecule has 5 aromatic carbocycles. The maximum Gasteiger partial charge on any atom is 0.126 e. The lowest BCUT2D eigenvalue weighted by atomic mass is 9.79. The number of ether oxygens (including phenoxy) is 3. The number of rotatable bonds is 1. The molecule has 0 spiro atoms. The Balaban J connectivity index is 1.56. The Hall–Kier alpha value is -4.78. The van der Waals surface area contributed by atoms with Gasteiger partial charge in [0, 0.05) is 32.2 Å². The zero-order valence-electron chi connectivity index (χ0n) is 39.6.